The molecule has 21 heavy (non-hydrogen) atoms. The Labute approximate surface area is 125 Å². The molecule has 1 atom stereocenters. The average molecular weight is 288 g/mol. The minimum atomic E-state index is -0.328. The van der Waals surface area contributed by atoms with Crippen LogP contribution in [0, 0.1) is 5.82 Å². The van der Waals surface area contributed by atoms with Crippen LogP contribution in [0.25, 0.3) is 0 Å². The summed E-state index contributed by atoms with van der Waals surface area (Å²) in [7, 11) is 0. The Balaban J connectivity index is 1.89. The van der Waals surface area contributed by atoms with Gasteiger partial charge in [-0.25, -0.2) is 4.39 Å². The van der Waals surface area contributed by atoms with Crippen molar-refractivity contribution in [3.8, 4) is 5.75 Å². The first kappa shape index (κ1) is 15.4. The number of benzene rings is 1. The number of nitrogens with two attached hydrogens (primary N) is 1. The normalized spacial score (nSPS) is 12.1. The van der Waals surface area contributed by atoms with Gasteiger partial charge in [-0.3, -0.25) is 4.98 Å². The van der Waals surface area contributed by atoms with Gasteiger partial charge in [-0.05, 0) is 48.2 Å². The smallest absolute Gasteiger partial charge is 0.165 e. The fraction of sp³-hybridized carbons (Fsp3) is 0.353. The number of hydrogen-bond donors (Lipinski definition) is 1. The summed E-state index contributed by atoms with van der Waals surface area (Å²) in [5.41, 5.74) is 7.91. The van der Waals surface area contributed by atoms with E-state index in [1.165, 1.54) is 6.07 Å². The van der Waals surface area contributed by atoms with Crippen LogP contribution in [0.4, 0.5) is 4.39 Å². The summed E-state index contributed by atoms with van der Waals surface area (Å²) >= 11 is 0. The van der Waals surface area contributed by atoms with Crippen LogP contribution in [0.15, 0.2) is 42.7 Å². The molecule has 0 spiro atoms. The fourth-order valence-corrected chi connectivity index (χ4v) is 2.06. The average Bonchev–Trinajstić information content (AvgIpc) is 2.50. The van der Waals surface area contributed by atoms with Gasteiger partial charge < -0.3 is 10.5 Å². The highest BCUT2D eigenvalue weighted by atomic mass is 19.1. The van der Waals surface area contributed by atoms with E-state index in [4.69, 9.17) is 10.5 Å². The van der Waals surface area contributed by atoms with Gasteiger partial charge in [0.25, 0.3) is 0 Å². The molecular formula is C17H21FN2O. The maximum Gasteiger partial charge on any atom is 0.165 e. The second kappa shape index (κ2) is 7.74. The molecule has 0 aliphatic carbocycles. The Morgan fingerprint density at radius 3 is 2.62 bits per heavy atom. The lowest BCUT2D eigenvalue weighted by Crippen LogP contribution is -2.21. The summed E-state index contributed by atoms with van der Waals surface area (Å²) in [5, 5.41) is 0. The van der Waals surface area contributed by atoms with Crippen LogP contribution >= 0.6 is 0 Å². The van der Waals surface area contributed by atoms with Crippen LogP contribution in [0.2, 0.25) is 0 Å². The summed E-state index contributed by atoms with van der Waals surface area (Å²) < 4.78 is 19.5. The van der Waals surface area contributed by atoms with Crippen molar-refractivity contribution in [3.05, 3.63) is 59.7 Å². The van der Waals surface area contributed by atoms with Gasteiger partial charge >= 0.3 is 0 Å². The summed E-state index contributed by atoms with van der Waals surface area (Å²) in [5.74, 6) is -0.0385. The SMILES string of the molecule is CCC(N)Cc1ccc(OCCc2ccncc2)c(F)c1. The lowest BCUT2D eigenvalue weighted by Gasteiger charge is -2.11. The second-order valence-corrected chi connectivity index (χ2v) is 5.09. The molecule has 1 unspecified atom stereocenters. The van der Waals surface area contributed by atoms with Gasteiger partial charge in [-0.2, -0.15) is 0 Å². The molecule has 0 radical (unpaired) electrons. The van der Waals surface area contributed by atoms with Gasteiger partial charge in [-0.15, -0.1) is 0 Å². The molecule has 0 saturated heterocycles. The first-order chi connectivity index (χ1) is 10.2. The van der Waals surface area contributed by atoms with Crippen LogP contribution in [0.1, 0.15) is 24.5 Å². The predicted molar refractivity (Wildman–Crippen MR) is 81.8 cm³/mol. The summed E-state index contributed by atoms with van der Waals surface area (Å²) in [6, 6.07) is 8.99. The molecule has 4 heteroatoms. The van der Waals surface area contributed by atoms with Crippen molar-refractivity contribution >= 4 is 0 Å². The van der Waals surface area contributed by atoms with Crippen molar-refractivity contribution < 1.29 is 9.13 Å². The first-order valence-electron chi connectivity index (χ1n) is 7.24. The molecule has 0 aliphatic rings. The molecule has 0 fully saturated rings. The van der Waals surface area contributed by atoms with E-state index in [0.29, 0.717) is 13.0 Å². The van der Waals surface area contributed by atoms with Crippen molar-refractivity contribution in [1.82, 2.24) is 4.98 Å². The fourth-order valence-electron chi connectivity index (χ4n) is 2.06. The van der Waals surface area contributed by atoms with E-state index in [0.717, 1.165) is 24.0 Å². The monoisotopic (exact) mass is 288 g/mol. The van der Waals surface area contributed by atoms with Crippen molar-refractivity contribution in [1.29, 1.82) is 0 Å². The predicted octanol–water partition coefficient (Wildman–Crippen LogP) is 3.12. The summed E-state index contributed by atoms with van der Waals surface area (Å²) in [4.78, 5) is 3.95. The number of aromatic nitrogens is 1. The molecule has 0 amide bonds. The third-order valence-corrected chi connectivity index (χ3v) is 3.42. The molecule has 2 N–H and O–H groups in total. The number of rotatable bonds is 7. The topological polar surface area (TPSA) is 48.1 Å². The molecule has 3 nitrogen and oxygen atoms in total. The molecule has 1 aromatic carbocycles. The molecule has 0 bridgehead atoms. The zero-order valence-electron chi connectivity index (χ0n) is 12.3. The van der Waals surface area contributed by atoms with E-state index < -0.39 is 0 Å². The minimum Gasteiger partial charge on any atom is -0.490 e. The summed E-state index contributed by atoms with van der Waals surface area (Å²) in [6.07, 6.45) is 5.77. The molecule has 0 aliphatic heterocycles. The highest BCUT2D eigenvalue weighted by Gasteiger charge is 2.07. The maximum absolute atomic E-state index is 14.0. The Bertz CT molecular complexity index is 560. The van der Waals surface area contributed by atoms with Gasteiger partial charge in [0, 0.05) is 24.9 Å². The molecular weight excluding hydrogens is 267 g/mol. The van der Waals surface area contributed by atoms with Gasteiger partial charge in [0.1, 0.15) is 0 Å². The third-order valence-electron chi connectivity index (χ3n) is 3.42. The van der Waals surface area contributed by atoms with E-state index >= 15 is 0 Å². The quantitative estimate of drug-likeness (QED) is 0.851. The number of hydrogen-bond acceptors (Lipinski definition) is 3. The van der Waals surface area contributed by atoms with Crippen molar-refractivity contribution in [2.45, 2.75) is 32.2 Å². The van der Waals surface area contributed by atoms with Crippen LogP contribution < -0.4 is 10.5 Å². The highest BCUT2D eigenvalue weighted by Crippen LogP contribution is 2.19. The standard InChI is InChI=1S/C17H21FN2O/c1-2-15(19)11-14-3-4-17(16(18)12-14)21-10-7-13-5-8-20-9-6-13/h3-6,8-9,12,15H,2,7,10-11,19H2,1H3. The lowest BCUT2D eigenvalue weighted by molar-refractivity contribution is 0.305. The molecule has 0 saturated carbocycles. The van der Waals surface area contributed by atoms with Gasteiger partial charge in [-0.1, -0.05) is 13.0 Å². The first-order valence-corrected chi connectivity index (χ1v) is 7.24. The Hall–Kier alpha value is -1.94. The van der Waals surface area contributed by atoms with Gasteiger partial charge in [0.2, 0.25) is 0 Å². The van der Waals surface area contributed by atoms with E-state index in [2.05, 4.69) is 4.98 Å². The molecule has 112 valence electrons. The molecule has 1 heterocycles. The molecule has 1 aromatic heterocycles. The van der Waals surface area contributed by atoms with Crippen molar-refractivity contribution in [2.24, 2.45) is 5.73 Å². The van der Waals surface area contributed by atoms with Crippen LogP contribution in [-0.2, 0) is 12.8 Å². The minimum absolute atomic E-state index is 0.0721. The Kier molecular flexibility index (Phi) is 5.69. The Morgan fingerprint density at radius 1 is 1.19 bits per heavy atom. The second-order valence-electron chi connectivity index (χ2n) is 5.09. The lowest BCUT2D eigenvalue weighted by atomic mass is 10.0. The zero-order valence-corrected chi connectivity index (χ0v) is 12.3. The van der Waals surface area contributed by atoms with Gasteiger partial charge in [0.15, 0.2) is 11.6 Å². The number of nitrogens with zero attached hydrogens (tertiary/aromatic N) is 1. The Morgan fingerprint density at radius 2 is 1.95 bits per heavy atom. The maximum atomic E-state index is 14.0. The van der Waals surface area contributed by atoms with Crippen molar-refractivity contribution in [2.75, 3.05) is 6.61 Å². The molecule has 2 aromatic rings. The van der Waals surface area contributed by atoms with E-state index in [9.17, 15) is 4.39 Å². The van der Waals surface area contributed by atoms with Crippen LogP contribution in [0.3, 0.4) is 0 Å². The van der Waals surface area contributed by atoms with Crippen molar-refractivity contribution in [3.63, 3.8) is 0 Å². The highest BCUT2D eigenvalue weighted by molar-refractivity contribution is 5.30. The van der Waals surface area contributed by atoms with Crippen LogP contribution in [0.5, 0.6) is 5.75 Å². The number of ether oxygens (including phenoxy) is 1. The van der Waals surface area contributed by atoms with E-state index in [1.54, 1.807) is 18.5 Å². The molecule has 2 rings (SSSR count). The number of halogens is 1. The van der Waals surface area contributed by atoms with E-state index in [1.807, 2.05) is 25.1 Å². The van der Waals surface area contributed by atoms with Gasteiger partial charge in [0.05, 0.1) is 6.61 Å². The largest absolute Gasteiger partial charge is 0.490 e. The zero-order chi connectivity index (χ0) is 15.1. The summed E-state index contributed by atoms with van der Waals surface area (Å²) in [6.45, 7) is 2.46. The third kappa shape index (κ3) is 4.83. The van der Waals surface area contributed by atoms with E-state index in [-0.39, 0.29) is 17.6 Å². The number of pyridine rings is 1. The van der Waals surface area contributed by atoms with Crippen LogP contribution in [-0.4, -0.2) is 17.6 Å².